The van der Waals surface area contributed by atoms with Gasteiger partial charge in [-0.2, -0.15) is 5.10 Å². The molecule has 0 aliphatic carbocycles. The van der Waals surface area contributed by atoms with Crippen LogP contribution in [0.1, 0.15) is 24.2 Å². The van der Waals surface area contributed by atoms with E-state index < -0.39 is 11.5 Å². The third kappa shape index (κ3) is 1.61. The van der Waals surface area contributed by atoms with Crippen molar-refractivity contribution in [3.8, 4) is 0 Å². The van der Waals surface area contributed by atoms with E-state index in [0.717, 1.165) is 11.4 Å². The molecule has 0 aromatic carbocycles. The summed E-state index contributed by atoms with van der Waals surface area (Å²) in [7, 11) is 0. The summed E-state index contributed by atoms with van der Waals surface area (Å²) < 4.78 is 6.88. The van der Waals surface area contributed by atoms with E-state index in [9.17, 15) is 9.90 Å². The standard InChI is InChI=1S/C11H16N2O3/c1-8-7-9(2)13(12-8)11(10(14)15)3-5-16-6-4-11/h7H,3-6H2,1-2H3,(H,14,15). The monoisotopic (exact) mass is 224 g/mol. The van der Waals surface area contributed by atoms with E-state index in [0.29, 0.717) is 26.1 Å². The van der Waals surface area contributed by atoms with Crippen molar-refractivity contribution >= 4 is 5.97 Å². The van der Waals surface area contributed by atoms with Crippen LogP contribution in [-0.4, -0.2) is 34.1 Å². The van der Waals surface area contributed by atoms with E-state index in [1.54, 1.807) is 4.68 Å². The number of hydrogen-bond donors (Lipinski definition) is 1. The van der Waals surface area contributed by atoms with Gasteiger partial charge >= 0.3 is 5.97 Å². The summed E-state index contributed by atoms with van der Waals surface area (Å²) in [4.78, 5) is 11.5. The van der Waals surface area contributed by atoms with Gasteiger partial charge in [-0.15, -0.1) is 0 Å². The van der Waals surface area contributed by atoms with E-state index in [-0.39, 0.29) is 0 Å². The van der Waals surface area contributed by atoms with Gasteiger partial charge in [0.2, 0.25) is 0 Å². The Balaban J connectivity index is 2.46. The molecule has 1 fully saturated rings. The average molecular weight is 224 g/mol. The van der Waals surface area contributed by atoms with Crippen LogP contribution in [0.15, 0.2) is 6.07 Å². The van der Waals surface area contributed by atoms with Gasteiger partial charge in [0.25, 0.3) is 0 Å². The van der Waals surface area contributed by atoms with Crippen LogP contribution in [-0.2, 0) is 15.1 Å². The van der Waals surface area contributed by atoms with Crippen molar-refractivity contribution in [1.29, 1.82) is 0 Å². The maximum atomic E-state index is 11.5. The largest absolute Gasteiger partial charge is 0.479 e. The topological polar surface area (TPSA) is 64.4 Å². The minimum atomic E-state index is -0.920. The first kappa shape index (κ1) is 11.1. The van der Waals surface area contributed by atoms with Crippen molar-refractivity contribution < 1.29 is 14.6 Å². The fourth-order valence-corrected chi connectivity index (χ4v) is 2.29. The first-order valence-electron chi connectivity index (χ1n) is 5.41. The fourth-order valence-electron chi connectivity index (χ4n) is 2.29. The lowest BCUT2D eigenvalue weighted by Crippen LogP contribution is -2.47. The van der Waals surface area contributed by atoms with Gasteiger partial charge in [0.1, 0.15) is 0 Å². The van der Waals surface area contributed by atoms with E-state index in [4.69, 9.17) is 4.74 Å². The number of aryl methyl sites for hydroxylation is 2. The minimum Gasteiger partial charge on any atom is -0.479 e. The van der Waals surface area contributed by atoms with Gasteiger partial charge in [0.05, 0.1) is 5.69 Å². The summed E-state index contributed by atoms with van der Waals surface area (Å²) in [6, 6.07) is 1.90. The zero-order valence-corrected chi connectivity index (χ0v) is 9.56. The molecular weight excluding hydrogens is 208 g/mol. The lowest BCUT2D eigenvalue weighted by atomic mass is 9.90. The molecule has 0 unspecified atom stereocenters. The molecule has 2 heterocycles. The molecule has 16 heavy (non-hydrogen) atoms. The van der Waals surface area contributed by atoms with Crippen LogP contribution in [0.25, 0.3) is 0 Å². The first-order chi connectivity index (χ1) is 7.56. The van der Waals surface area contributed by atoms with Gasteiger partial charge in [-0.3, -0.25) is 4.68 Å². The highest BCUT2D eigenvalue weighted by molar-refractivity contribution is 5.77. The molecule has 5 heteroatoms. The summed E-state index contributed by atoms with van der Waals surface area (Å²) in [6.45, 7) is 4.72. The van der Waals surface area contributed by atoms with Gasteiger partial charge < -0.3 is 9.84 Å². The van der Waals surface area contributed by atoms with E-state index in [1.165, 1.54) is 0 Å². The molecule has 0 atom stereocenters. The lowest BCUT2D eigenvalue weighted by molar-refractivity contribution is -0.153. The summed E-state index contributed by atoms with van der Waals surface area (Å²) >= 11 is 0. The van der Waals surface area contributed by atoms with Crippen LogP contribution < -0.4 is 0 Å². The van der Waals surface area contributed by atoms with E-state index in [2.05, 4.69) is 5.10 Å². The van der Waals surface area contributed by atoms with Gasteiger partial charge in [0, 0.05) is 31.7 Å². The molecule has 2 rings (SSSR count). The lowest BCUT2D eigenvalue weighted by Gasteiger charge is -2.34. The Bertz CT molecular complexity index is 405. The summed E-state index contributed by atoms with van der Waals surface area (Å²) in [5, 5.41) is 13.8. The number of rotatable bonds is 2. The number of hydrogen-bond acceptors (Lipinski definition) is 3. The number of aliphatic carboxylic acids is 1. The van der Waals surface area contributed by atoms with Crippen molar-refractivity contribution in [2.24, 2.45) is 0 Å². The molecule has 1 aliphatic heterocycles. The highest BCUT2D eigenvalue weighted by atomic mass is 16.5. The SMILES string of the molecule is Cc1cc(C)n(C2(C(=O)O)CCOCC2)n1. The van der Waals surface area contributed by atoms with Crippen molar-refractivity contribution in [1.82, 2.24) is 9.78 Å². The molecular formula is C11H16N2O3. The molecule has 0 radical (unpaired) electrons. The molecule has 0 bridgehead atoms. The zero-order chi connectivity index (χ0) is 11.8. The second-order valence-corrected chi connectivity index (χ2v) is 4.29. The highest BCUT2D eigenvalue weighted by Crippen LogP contribution is 2.30. The zero-order valence-electron chi connectivity index (χ0n) is 9.56. The predicted octanol–water partition coefficient (Wildman–Crippen LogP) is 1.09. The highest BCUT2D eigenvalue weighted by Gasteiger charge is 2.43. The quantitative estimate of drug-likeness (QED) is 0.816. The second kappa shape index (κ2) is 3.90. The second-order valence-electron chi connectivity index (χ2n) is 4.29. The van der Waals surface area contributed by atoms with Gasteiger partial charge in [-0.25, -0.2) is 4.79 Å². The Labute approximate surface area is 94.0 Å². The third-order valence-electron chi connectivity index (χ3n) is 3.13. The molecule has 0 saturated carbocycles. The average Bonchev–Trinajstić information content (AvgIpc) is 2.59. The molecule has 1 saturated heterocycles. The van der Waals surface area contributed by atoms with Crippen molar-refractivity contribution in [3.63, 3.8) is 0 Å². The Morgan fingerprint density at radius 3 is 2.56 bits per heavy atom. The molecule has 88 valence electrons. The fraction of sp³-hybridized carbons (Fsp3) is 0.636. The van der Waals surface area contributed by atoms with Crippen molar-refractivity contribution in [2.75, 3.05) is 13.2 Å². The molecule has 5 nitrogen and oxygen atoms in total. The van der Waals surface area contributed by atoms with Crippen LogP contribution in [0.2, 0.25) is 0 Å². The van der Waals surface area contributed by atoms with Crippen LogP contribution in [0.3, 0.4) is 0 Å². The van der Waals surface area contributed by atoms with Gasteiger partial charge in [-0.1, -0.05) is 0 Å². The number of carboxylic acid groups (broad SMARTS) is 1. The van der Waals surface area contributed by atoms with E-state index in [1.807, 2.05) is 19.9 Å². The summed E-state index contributed by atoms with van der Waals surface area (Å²) in [5.41, 5.74) is 0.822. The maximum absolute atomic E-state index is 11.5. The molecule has 1 aliphatic rings. The number of aromatic nitrogens is 2. The minimum absolute atomic E-state index is 0.476. The number of carboxylic acids is 1. The number of nitrogens with zero attached hydrogens (tertiary/aromatic N) is 2. The van der Waals surface area contributed by atoms with Crippen molar-refractivity contribution in [3.05, 3.63) is 17.5 Å². The predicted molar refractivity (Wildman–Crippen MR) is 57.4 cm³/mol. The summed E-state index contributed by atoms with van der Waals surface area (Å²) in [6.07, 6.45) is 0.953. The molecule has 0 spiro atoms. The number of ether oxygens (including phenoxy) is 1. The Hall–Kier alpha value is -1.36. The molecule has 1 aromatic heterocycles. The smallest absolute Gasteiger partial charge is 0.331 e. The molecule has 1 N–H and O–H groups in total. The first-order valence-corrected chi connectivity index (χ1v) is 5.41. The van der Waals surface area contributed by atoms with E-state index >= 15 is 0 Å². The Kier molecular flexibility index (Phi) is 2.71. The Morgan fingerprint density at radius 1 is 1.50 bits per heavy atom. The van der Waals surface area contributed by atoms with Gasteiger partial charge in [-0.05, 0) is 19.9 Å². The maximum Gasteiger partial charge on any atom is 0.331 e. The number of carbonyl (C=O) groups is 1. The van der Waals surface area contributed by atoms with Gasteiger partial charge in [0.15, 0.2) is 5.54 Å². The van der Waals surface area contributed by atoms with Crippen LogP contribution >= 0.6 is 0 Å². The van der Waals surface area contributed by atoms with Crippen LogP contribution in [0, 0.1) is 13.8 Å². The van der Waals surface area contributed by atoms with Crippen molar-refractivity contribution in [2.45, 2.75) is 32.2 Å². The molecule has 1 aromatic rings. The Morgan fingerprint density at radius 2 is 2.12 bits per heavy atom. The summed E-state index contributed by atoms with van der Waals surface area (Å²) in [5.74, 6) is -0.818. The normalized spacial score (nSPS) is 19.6. The van der Waals surface area contributed by atoms with Crippen LogP contribution in [0.5, 0.6) is 0 Å². The molecule has 0 amide bonds. The van der Waals surface area contributed by atoms with Crippen LogP contribution in [0.4, 0.5) is 0 Å². The third-order valence-corrected chi connectivity index (χ3v) is 3.13.